The lowest BCUT2D eigenvalue weighted by Gasteiger charge is -2.47. The van der Waals surface area contributed by atoms with Gasteiger partial charge in [0.15, 0.2) is 5.78 Å². The summed E-state index contributed by atoms with van der Waals surface area (Å²) in [5.74, 6) is -1.61. The van der Waals surface area contributed by atoms with Crippen molar-refractivity contribution in [2.75, 3.05) is 17.3 Å². The number of carbonyl (C=O) groups is 3. The van der Waals surface area contributed by atoms with Gasteiger partial charge in [-0.25, -0.2) is 4.79 Å². The Morgan fingerprint density at radius 3 is 2.44 bits per heavy atom. The topological polar surface area (TPSA) is 102 Å². The highest BCUT2D eigenvalue weighted by Gasteiger charge is 2.63. The molecule has 1 amide bonds. The summed E-state index contributed by atoms with van der Waals surface area (Å²) in [6.07, 6.45) is 0.619. The molecule has 2 aliphatic heterocycles. The second kappa shape index (κ2) is 8.11. The molecule has 7 nitrogen and oxygen atoms in total. The number of nitrogens with one attached hydrogen (secondary N) is 1. The van der Waals surface area contributed by atoms with Gasteiger partial charge in [0.05, 0.1) is 12.8 Å². The Labute approximate surface area is 218 Å². The summed E-state index contributed by atoms with van der Waals surface area (Å²) in [4.78, 5) is 43.1. The maximum atomic E-state index is 14.0. The SMILES string of the molecule is COC(=O)C1=C(N)N(c2cc(Cl)ccc2C)C2=C(C(=O)CC(C)(C)C2)C12C(=O)Nc1ccc(Cl)cc12. The number of ether oxygens (including phenoxy) is 1. The van der Waals surface area contributed by atoms with Crippen LogP contribution in [0.2, 0.25) is 10.0 Å². The molecule has 2 aromatic carbocycles. The Balaban J connectivity index is 1.96. The Hall–Kier alpha value is -3.29. The van der Waals surface area contributed by atoms with Gasteiger partial charge in [0.1, 0.15) is 16.8 Å². The average molecular weight is 526 g/mol. The van der Waals surface area contributed by atoms with Gasteiger partial charge < -0.3 is 15.8 Å². The molecule has 3 N–H and O–H groups in total. The largest absolute Gasteiger partial charge is 0.466 e. The summed E-state index contributed by atoms with van der Waals surface area (Å²) in [5.41, 5.74) is 7.49. The Morgan fingerprint density at radius 2 is 1.75 bits per heavy atom. The molecule has 1 unspecified atom stereocenters. The quantitative estimate of drug-likeness (QED) is 0.535. The summed E-state index contributed by atoms with van der Waals surface area (Å²) in [6, 6.07) is 10.2. The molecular formula is C27H25Cl2N3O4. The molecule has 3 aliphatic rings. The van der Waals surface area contributed by atoms with E-state index in [1.165, 1.54) is 7.11 Å². The van der Waals surface area contributed by atoms with Gasteiger partial charge in [-0.2, -0.15) is 0 Å². The molecule has 186 valence electrons. The van der Waals surface area contributed by atoms with E-state index in [2.05, 4.69) is 5.32 Å². The molecule has 0 fully saturated rings. The molecule has 2 heterocycles. The van der Waals surface area contributed by atoms with Crippen LogP contribution < -0.4 is 16.0 Å². The standard InChI is InChI=1S/C27H25Cl2N3O4/c1-13-5-6-15(29)10-18(13)32-19-11-26(2,3)12-20(33)21(19)27(22(23(32)30)24(34)36-4)16-9-14(28)7-8-17(16)31-25(27)35/h5-10H,11-12,30H2,1-4H3,(H,31,35). The van der Waals surface area contributed by atoms with Gasteiger partial charge in [0.25, 0.3) is 0 Å². The summed E-state index contributed by atoms with van der Waals surface area (Å²) in [7, 11) is 1.22. The number of nitrogens with two attached hydrogens (primary N) is 1. The molecule has 5 rings (SSSR count). The molecule has 36 heavy (non-hydrogen) atoms. The Kier molecular flexibility index (Phi) is 5.50. The number of Topliss-reactive ketones (excluding diaryl/α,β-unsaturated/α-hetero) is 1. The van der Waals surface area contributed by atoms with E-state index in [9.17, 15) is 14.4 Å². The third kappa shape index (κ3) is 3.29. The first-order valence-corrected chi connectivity index (χ1v) is 12.2. The monoisotopic (exact) mass is 525 g/mol. The number of ketones is 1. The van der Waals surface area contributed by atoms with Crippen LogP contribution in [0.4, 0.5) is 11.4 Å². The number of esters is 1. The van der Waals surface area contributed by atoms with Crippen molar-refractivity contribution in [1.29, 1.82) is 0 Å². The van der Waals surface area contributed by atoms with E-state index in [1.54, 1.807) is 35.2 Å². The van der Waals surface area contributed by atoms with E-state index in [4.69, 9.17) is 33.7 Å². The second-order valence-corrected chi connectivity index (χ2v) is 11.0. The Morgan fingerprint density at radius 1 is 1.08 bits per heavy atom. The number of rotatable bonds is 2. The zero-order valence-electron chi connectivity index (χ0n) is 20.3. The third-order valence-electron chi connectivity index (χ3n) is 7.15. The van der Waals surface area contributed by atoms with E-state index in [0.29, 0.717) is 39.1 Å². The fourth-order valence-electron chi connectivity index (χ4n) is 5.71. The lowest BCUT2D eigenvalue weighted by atomic mass is 9.60. The summed E-state index contributed by atoms with van der Waals surface area (Å²) < 4.78 is 5.16. The minimum absolute atomic E-state index is 0.000517. The molecule has 1 atom stereocenters. The van der Waals surface area contributed by atoms with Crippen LogP contribution in [0.5, 0.6) is 0 Å². The molecule has 1 aliphatic carbocycles. The van der Waals surface area contributed by atoms with Gasteiger partial charge in [-0.15, -0.1) is 0 Å². The number of aryl methyl sites for hydroxylation is 1. The zero-order chi connectivity index (χ0) is 26.2. The molecule has 0 aromatic heterocycles. The number of methoxy groups -OCH3 is 1. The van der Waals surface area contributed by atoms with Crippen LogP contribution in [0, 0.1) is 12.3 Å². The van der Waals surface area contributed by atoms with E-state index < -0.39 is 22.7 Å². The average Bonchev–Trinajstić information content (AvgIpc) is 3.06. The first-order chi connectivity index (χ1) is 16.9. The van der Waals surface area contributed by atoms with Crippen LogP contribution in [0.25, 0.3) is 0 Å². The number of benzene rings is 2. The normalized spacial score (nSPS) is 22.6. The third-order valence-corrected chi connectivity index (χ3v) is 7.62. The highest BCUT2D eigenvalue weighted by molar-refractivity contribution is 6.32. The van der Waals surface area contributed by atoms with Crippen LogP contribution in [0.1, 0.15) is 37.8 Å². The van der Waals surface area contributed by atoms with Gasteiger partial charge in [-0.05, 0) is 54.7 Å². The molecule has 9 heteroatoms. The van der Waals surface area contributed by atoms with Gasteiger partial charge in [-0.3, -0.25) is 14.5 Å². The second-order valence-electron chi connectivity index (χ2n) is 10.2. The maximum absolute atomic E-state index is 14.0. The molecule has 0 saturated carbocycles. The van der Waals surface area contributed by atoms with Crippen molar-refractivity contribution >= 4 is 52.2 Å². The van der Waals surface area contributed by atoms with Gasteiger partial charge in [0.2, 0.25) is 5.91 Å². The van der Waals surface area contributed by atoms with Crippen LogP contribution in [0.15, 0.2) is 59.1 Å². The number of fused-ring (bicyclic) bond motifs is 3. The van der Waals surface area contributed by atoms with Crippen LogP contribution >= 0.6 is 23.2 Å². The number of hydrogen-bond acceptors (Lipinski definition) is 6. The van der Waals surface area contributed by atoms with Crippen LogP contribution in [-0.2, 0) is 24.5 Å². The summed E-state index contributed by atoms with van der Waals surface area (Å²) in [6.45, 7) is 5.85. The van der Waals surface area contributed by atoms with E-state index in [-0.39, 0.29) is 29.2 Å². The predicted octanol–water partition coefficient (Wildman–Crippen LogP) is 5.00. The van der Waals surface area contributed by atoms with E-state index in [1.807, 2.05) is 26.8 Å². The molecule has 0 bridgehead atoms. The minimum atomic E-state index is -1.80. The van der Waals surface area contributed by atoms with Crippen molar-refractivity contribution < 1.29 is 19.1 Å². The minimum Gasteiger partial charge on any atom is -0.466 e. The van der Waals surface area contributed by atoms with Crippen molar-refractivity contribution in [2.45, 2.75) is 39.0 Å². The molecule has 0 saturated heterocycles. The van der Waals surface area contributed by atoms with Crippen LogP contribution in [0.3, 0.4) is 0 Å². The number of allylic oxidation sites excluding steroid dienone is 1. The summed E-state index contributed by atoms with van der Waals surface area (Å²) >= 11 is 12.7. The van der Waals surface area contributed by atoms with Gasteiger partial charge in [-0.1, -0.05) is 43.1 Å². The maximum Gasteiger partial charge on any atom is 0.339 e. The molecule has 2 aromatic rings. The summed E-state index contributed by atoms with van der Waals surface area (Å²) in [5, 5.41) is 3.66. The molecule has 1 spiro atoms. The smallest absolute Gasteiger partial charge is 0.339 e. The molecular weight excluding hydrogens is 501 g/mol. The van der Waals surface area contributed by atoms with Crippen LogP contribution in [-0.4, -0.2) is 24.8 Å². The number of nitrogens with zero attached hydrogens (tertiary/aromatic N) is 1. The lowest BCUT2D eigenvalue weighted by molar-refractivity contribution is -0.138. The van der Waals surface area contributed by atoms with Crippen molar-refractivity contribution in [2.24, 2.45) is 11.1 Å². The number of carbonyl (C=O) groups excluding carboxylic acids is 3. The highest BCUT2D eigenvalue weighted by Crippen LogP contribution is 2.58. The fourth-order valence-corrected chi connectivity index (χ4v) is 6.05. The van der Waals surface area contributed by atoms with Crippen molar-refractivity contribution in [3.8, 4) is 0 Å². The van der Waals surface area contributed by atoms with Gasteiger partial charge >= 0.3 is 5.97 Å². The lowest BCUT2D eigenvalue weighted by Crippen LogP contribution is -2.54. The highest BCUT2D eigenvalue weighted by atomic mass is 35.5. The number of halogens is 2. The van der Waals surface area contributed by atoms with E-state index in [0.717, 1.165) is 5.56 Å². The van der Waals surface area contributed by atoms with Gasteiger partial charge in [0, 0.05) is 39.0 Å². The van der Waals surface area contributed by atoms with Crippen molar-refractivity contribution in [3.63, 3.8) is 0 Å². The Bertz CT molecular complexity index is 1440. The predicted molar refractivity (Wildman–Crippen MR) is 139 cm³/mol. The number of anilines is 2. The molecule has 0 radical (unpaired) electrons. The first kappa shape index (κ1) is 24.4. The number of amides is 1. The van der Waals surface area contributed by atoms with E-state index >= 15 is 0 Å². The fraction of sp³-hybridized carbons (Fsp3) is 0.296. The number of hydrogen-bond donors (Lipinski definition) is 2. The van der Waals surface area contributed by atoms with Crippen molar-refractivity contribution in [3.05, 3.63) is 80.2 Å². The first-order valence-electron chi connectivity index (χ1n) is 11.5. The zero-order valence-corrected chi connectivity index (χ0v) is 21.8. The van der Waals surface area contributed by atoms with Crippen molar-refractivity contribution in [1.82, 2.24) is 0 Å².